The van der Waals surface area contributed by atoms with Crippen LogP contribution in [0.1, 0.15) is 0 Å². The van der Waals surface area contributed by atoms with E-state index in [2.05, 4.69) is 58.9 Å². The monoisotopic (exact) mass is 416 g/mol. The van der Waals surface area contributed by atoms with Crippen molar-refractivity contribution in [3.8, 4) is 0 Å². The molecule has 0 radical (unpaired) electrons. The second-order valence-corrected chi connectivity index (χ2v) is 26.0. The number of hydrogen-bond donors (Lipinski definition) is 2. The molecule has 0 saturated heterocycles. The molecule has 1 rings (SSSR count). The average molecular weight is 417 g/mol. The maximum absolute atomic E-state index is 9.37. The van der Waals surface area contributed by atoms with E-state index in [9.17, 15) is 10.0 Å². The van der Waals surface area contributed by atoms with Crippen molar-refractivity contribution in [2.75, 3.05) is 0 Å². The van der Waals surface area contributed by atoms with E-state index in [-0.39, 0.29) is 0 Å². The molecule has 0 amide bonds. The minimum atomic E-state index is -3.11. The van der Waals surface area contributed by atoms with Gasteiger partial charge < -0.3 is 22.4 Å². The third-order valence-electron chi connectivity index (χ3n) is 2.88. The Labute approximate surface area is 157 Å². The molecule has 0 aliphatic carbocycles. The van der Waals surface area contributed by atoms with Crippen molar-refractivity contribution in [1.82, 2.24) is 0 Å². The van der Waals surface area contributed by atoms with Gasteiger partial charge in [-0.05, 0) is 64.4 Å². The predicted octanol–water partition coefficient (Wildman–Crippen LogP) is 2.07. The normalized spacial score (nSPS) is 13.9. The molecule has 0 aliphatic heterocycles. The summed E-state index contributed by atoms with van der Waals surface area (Å²) in [6.45, 7) is 19.3. The van der Waals surface area contributed by atoms with Crippen LogP contribution in [-0.4, -0.2) is 50.9 Å². The highest BCUT2D eigenvalue weighted by atomic mass is 28.5. The van der Waals surface area contributed by atoms with Crippen LogP contribution in [-0.2, 0) is 12.3 Å². The van der Waals surface area contributed by atoms with Gasteiger partial charge in [-0.1, -0.05) is 24.3 Å². The summed E-state index contributed by atoms with van der Waals surface area (Å²) < 4.78 is 19.9. The van der Waals surface area contributed by atoms with Gasteiger partial charge in [0.05, 0.1) is 0 Å². The van der Waals surface area contributed by atoms with E-state index >= 15 is 0 Å². The lowest BCUT2D eigenvalue weighted by Crippen LogP contribution is -2.67. The highest BCUT2D eigenvalue weighted by molar-refractivity contribution is 6.95. The van der Waals surface area contributed by atoms with Crippen LogP contribution in [0.15, 0.2) is 24.3 Å². The Kier molecular flexibility index (Phi) is 7.27. The summed E-state index contributed by atoms with van der Waals surface area (Å²) in [4.78, 5) is 0. The van der Waals surface area contributed by atoms with Crippen LogP contribution >= 0.6 is 0 Å². The molecule has 5 nitrogen and oxygen atoms in total. The van der Waals surface area contributed by atoms with Gasteiger partial charge in [0.25, 0.3) is 0 Å². The molecule has 0 unspecified atom stereocenters. The zero-order chi connectivity index (χ0) is 19.7. The van der Waals surface area contributed by atoms with Crippen molar-refractivity contribution in [2.24, 2.45) is 0 Å². The highest BCUT2D eigenvalue weighted by Crippen LogP contribution is 2.25. The summed E-state index contributed by atoms with van der Waals surface area (Å²) in [5.41, 5.74) is 0.445. The van der Waals surface area contributed by atoms with Crippen LogP contribution in [0, 0.1) is 0 Å². The molecular weight excluding hydrogens is 383 g/mol. The van der Waals surface area contributed by atoms with Gasteiger partial charge in [0, 0.05) is 5.19 Å². The highest BCUT2D eigenvalue weighted by Gasteiger charge is 2.51. The summed E-state index contributed by atoms with van der Waals surface area (Å²) in [5.74, 6) is 0. The lowest BCUT2D eigenvalue weighted by atomic mass is 9.81. The molecule has 0 bridgehead atoms. The lowest BCUT2D eigenvalue weighted by Gasteiger charge is -2.42. The molecule has 25 heavy (non-hydrogen) atoms. The fourth-order valence-corrected chi connectivity index (χ4v) is 15.6. The molecule has 0 fully saturated rings. The Morgan fingerprint density at radius 2 is 0.960 bits per heavy atom. The van der Waals surface area contributed by atoms with E-state index in [0.717, 1.165) is 5.19 Å². The predicted molar refractivity (Wildman–Crippen MR) is 115 cm³/mol. The molecule has 0 atom stereocenters. The zero-order valence-corrected chi connectivity index (χ0v) is 21.0. The third-order valence-corrected chi connectivity index (χ3v) is 14.5. The van der Waals surface area contributed by atoms with Crippen LogP contribution in [0.5, 0.6) is 0 Å². The Morgan fingerprint density at radius 1 is 0.640 bits per heavy atom. The van der Waals surface area contributed by atoms with E-state index in [1.807, 2.05) is 12.1 Å². The van der Waals surface area contributed by atoms with Crippen molar-refractivity contribution >= 4 is 51.5 Å². The fourth-order valence-electron chi connectivity index (χ4n) is 2.31. The third kappa shape index (κ3) is 8.01. The minimum Gasteiger partial charge on any atom is -0.423 e. The zero-order valence-electron chi connectivity index (χ0n) is 17.0. The van der Waals surface area contributed by atoms with Crippen molar-refractivity contribution in [1.29, 1.82) is 0 Å². The first-order valence-electron chi connectivity index (χ1n) is 8.60. The fraction of sp³-hybridized carbons (Fsp3) is 0.600. The van der Waals surface area contributed by atoms with Gasteiger partial charge in [-0.3, -0.25) is 0 Å². The van der Waals surface area contributed by atoms with E-state index in [0.29, 0.717) is 5.46 Å². The Morgan fingerprint density at radius 3 is 1.20 bits per heavy atom. The quantitative estimate of drug-likeness (QED) is 0.635. The molecule has 1 aromatic carbocycles. The molecule has 0 spiro atoms. The average Bonchev–Trinajstić information content (AvgIpc) is 2.32. The Bertz CT molecular complexity index is 520. The van der Waals surface area contributed by atoms with Crippen LogP contribution < -0.4 is 10.6 Å². The van der Waals surface area contributed by atoms with Crippen LogP contribution in [0.25, 0.3) is 0 Å². The van der Waals surface area contributed by atoms with Gasteiger partial charge in [0.15, 0.2) is 25.0 Å². The van der Waals surface area contributed by atoms with Gasteiger partial charge in [0.1, 0.15) is 0 Å². The second-order valence-electron chi connectivity index (χ2n) is 9.20. The summed E-state index contributed by atoms with van der Waals surface area (Å²) in [6, 6.07) is 7.13. The maximum Gasteiger partial charge on any atom is 0.505 e. The van der Waals surface area contributed by atoms with Crippen molar-refractivity contribution in [3.63, 3.8) is 0 Å². The SMILES string of the molecule is C[Si](C)(C)O[Si](O[Si](C)(C)C)(O[Si](C)(C)C)c1ccc(B(O)O)cc1. The summed E-state index contributed by atoms with van der Waals surface area (Å²) in [5, 5.41) is 19.6. The first-order valence-corrected chi connectivity index (χ1v) is 20.6. The molecule has 10 heteroatoms. The largest absolute Gasteiger partial charge is 0.505 e. The molecular formula is C15H33BO5Si4. The maximum atomic E-state index is 9.37. The Hall–Kier alpha value is -0.0475. The topological polar surface area (TPSA) is 68.2 Å². The first kappa shape index (κ1) is 23.0. The van der Waals surface area contributed by atoms with Crippen LogP contribution in [0.4, 0.5) is 0 Å². The van der Waals surface area contributed by atoms with Crippen molar-refractivity contribution < 1.29 is 22.4 Å². The van der Waals surface area contributed by atoms with Gasteiger partial charge in [-0.25, -0.2) is 0 Å². The van der Waals surface area contributed by atoms with E-state index in [1.165, 1.54) is 0 Å². The molecule has 0 aromatic heterocycles. The molecule has 0 heterocycles. The van der Waals surface area contributed by atoms with Crippen molar-refractivity contribution in [2.45, 2.75) is 58.9 Å². The van der Waals surface area contributed by atoms with Gasteiger partial charge in [-0.15, -0.1) is 0 Å². The molecule has 1 aromatic rings. The van der Waals surface area contributed by atoms with E-state index in [4.69, 9.17) is 12.3 Å². The summed E-state index contributed by atoms with van der Waals surface area (Å²) in [7, 11) is -10.5. The van der Waals surface area contributed by atoms with E-state index < -0.39 is 40.9 Å². The van der Waals surface area contributed by atoms with Gasteiger partial charge in [0.2, 0.25) is 0 Å². The van der Waals surface area contributed by atoms with Gasteiger partial charge >= 0.3 is 15.9 Å². The summed E-state index contributed by atoms with van der Waals surface area (Å²) >= 11 is 0. The molecule has 0 aliphatic rings. The van der Waals surface area contributed by atoms with E-state index in [1.54, 1.807) is 12.1 Å². The van der Waals surface area contributed by atoms with Gasteiger partial charge in [-0.2, -0.15) is 0 Å². The van der Waals surface area contributed by atoms with Crippen LogP contribution in [0.2, 0.25) is 58.9 Å². The molecule has 2 N–H and O–H groups in total. The summed E-state index contributed by atoms with van der Waals surface area (Å²) in [6.07, 6.45) is 0. The Balaban J connectivity index is 3.49. The first-order chi connectivity index (χ1) is 11.0. The standard InChI is InChI=1S/C15H33BO5Si4/c1-22(2,3)19-25(20-23(4,5)6,21-24(7,8)9)15-12-10-14(11-13-15)16(17)18/h10-13,17-18H,1-9H3. The molecule has 142 valence electrons. The number of benzene rings is 1. The molecule has 0 saturated carbocycles. The second kappa shape index (κ2) is 7.91. The van der Waals surface area contributed by atoms with Crippen molar-refractivity contribution in [3.05, 3.63) is 24.3 Å². The van der Waals surface area contributed by atoms with Crippen LogP contribution in [0.3, 0.4) is 0 Å². The smallest absolute Gasteiger partial charge is 0.423 e. The number of hydrogen-bond acceptors (Lipinski definition) is 5. The minimum absolute atomic E-state index is 0.445. The number of rotatable bonds is 8. The lowest BCUT2D eigenvalue weighted by molar-refractivity contribution is 0.273.